The molecule has 1 aromatic rings. The van der Waals surface area contributed by atoms with Crippen LogP contribution in [0.2, 0.25) is 0 Å². The van der Waals surface area contributed by atoms with Gasteiger partial charge in [0.25, 0.3) is 0 Å². The second kappa shape index (κ2) is 6.07. The van der Waals surface area contributed by atoms with E-state index in [4.69, 9.17) is 5.11 Å². The molecule has 92 valence electrons. The van der Waals surface area contributed by atoms with Crippen LogP contribution in [0.3, 0.4) is 0 Å². The first-order chi connectivity index (χ1) is 8.29. The van der Waals surface area contributed by atoms with Gasteiger partial charge < -0.3 is 10.0 Å². The molecule has 17 heavy (non-hydrogen) atoms. The number of nitrogens with zero attached hydrogens (tertiary/aromatic N) is 1. The second-order valence-electron chi connectivity index (χ2n) is 4.33. The van der Waals surface area contributed by atoms with Crippen LogP contribution in [-0.2, 0) is 10.5 Å². The number of carbonyl (C=O) groups excluding carboxylic acids is 1. The predicted octanol–water partition coefficient (Wildman–Crippen LogP) is 1.37. The Balaban J connectivity index is 1.64. The summed E-state index contributed by atoms with van der Waals surface area (Å²) in [6.07, 6.45) is 0. The van der Waals surface area contributed by atoms with Crippen LogP contribution in [0, 0.1) is 5.92 Å². The van der Waals surface area contributed by atoms with Gasteiger partial charge in [-0.05, 0) is 5.56 Å². The third kappa shape index (κ3) is 3.48. The molecule has 1 N–H and O–H groups in total. The van der Waals surface area contributed by atoms with Crippen molar-refractivity contribution in [2.45, 2.75) is 5.75 Å². The Kier molecular flexibility index (Phi) is 4.45. The molecule has 1 heterocycles. The van der Waals surface area contributed by atoms with Crippen LogP contribution in [0.1, 0.15) is 5.56 Å². The monoisotopic (exact) mass is 251 g/mol. The maximum atomic E-state index is 11.7. The van der Waals surface area contributed by atoms with Crippen LogP contribution in [0.5, 0.6) is 0 Å². The molecule has 0 aromatic heterocycles. The molecule has 1 fully saturated rings. The number of thioether (sulfide) groups is 1. The zero-order valence-electron chi connectivity index (χ0n) is 9.71. The van der Waals surface area contributed by atoms with Gasteiger partial charge in [-0.3, -0.25) is 4.79 Å². The van der Waals surface area contributed by atoms with E-state index < -0.39 is 0 Å². The van der Waals surface area contributed by atoms with Gasteiger partial charge in [-0.15, -0.1) is 11.8 Å². The highest BCUT2D eigenvalue weighted by molar-refractivity contribution is 7.99. The SMILES string of the molecule is O=C(CSCc1ccccc1)N1CC(CO)C1. The number of carbonyl (C=O) groups is 1. The van der Waals surface area contributed by atoms with Gasteiger partial charge in [-0.25, -0.2) is 0 Å². The Morgan fingerprint density at radius 3 is 2.71 bits per heavy atom. The van der Waals surface area contributed by atoms with Crippen molar-refractivity contribution < 1.29 is 9.90 Å². The Hall–Kier alpha value is -1.00. The number of aliphatic hydroxyl groups excluding tert-OH is 1. The van der Waals surface area contributed by atoms with Gasteiger partial charge in [0.15, 0.2) is 0 Å². The van der Waals surface area contributed by atoms with E-state index in [-0.39, 0.29) is 12.5 Å². The molecule has 0 saturated carbocycles. The lowest BCUT2D eigenvalue weighted by Crippen LogP contribution is -2.51. The molecule has 0 atom stereocenters. The van der Waals surface area contributed by atoms with Crippen molar-refractivity contribution in [3.05, 3.63) is 35.9 Å². The molecule has 2 rings (SSSR count). The topological polar surface area (TPSA) is 40.5 Å². The van der Waals surface area contributed by atoms with Crippen LogP contribution in [0.25, 0.3) is 0 Å². The molecule has 0 aliphatic carbocycles. The zero-order valence-corrected chi connectivity index (χ0v) is 10.5. The van der Waals surface area contributed by atoms with Gasteiger partial charge >= 0.3 is 0 Å². The van der Waals surface area contributed by atoms with Crippen LogP contribution in [0.4, 0.5) is 0 Å². The van der Waals surface area contributed by atoms with E-state index in [0.29, 0.717) is 11.7 Å². The molecule has 0 radical (unpaired) electrons. The number of hydrogen-bond donors (Lipinski definition) is 1. The zero-order chi connectivity index (χ0) is 12.1. The average Bonchev–Trinajstić information content (AvgIpc) is 2.29. The summed E-state index contributed by atoms with van der Waals surface area (Å²) in [4.78, 5) is 13.5. The predicted molar refractivity (Wildman–Crippen MR) is 69.8 cm³/mol. The molecule has 0 bridgehead atoms. The molecule has 1 aromatic carbocycles. The number of hydrogen-bond acceptors (Lipinski definition) is 3. The van der Waals surface area contributed by atoms with Gasteiger partial charge in [0.2, 0.25) is 5.91 Å². The van der Waals surface area contributed by atoms with Crippen molar-refractivity contribution in [1.82, 2.24) is 4.90 Å². The maximum absolute atomic E-state index is 11.7. The van der Waals surface area contributed by atoms with Crippen molar-refractivity contribution in [2.24, 2.45) is 5.92 Å². The van der Waals surface area contributed by atoms with Crippen molar-refractivity contribution in [2.75, 3.05) is 25.4 Å². The first-order valence-electron chi connectivity index (χ1n) is 5.80. The highest BCUT2D eigenvalue weighted by Crippen LogP contribution is 2.18. The van der Waals surface area contributed by atoms with E-state index in [2.05, 4.69) is 12.1 Å². The number of benzene rings is 1. The van der Waals surface area contributed by atoms with E-state index in [0.717, 1.165) is 18.8 Å². The van der Waals surface area contributed by atoms with Crippen LogP contribution >= 0.6 is 11.8 Å². The fraction of sp³-hybridized carbons (Fsp3) is 0.462. The van der Waals surface area contributed by atoms with Crippen molar-refractivity contribution in [3.8, 4) is 0 Å². The first-order valence-corrected chi connectivity index (χ1v) is 6.95. The largest absolute Gasteiger partial charge is 0.396 e. The average molecular weight is 251 g/mol. The Labute approximate surface area is 106 Å². The Morgan fingerprint density at radius 2 is 2.06 bits per heavy atom. The van der Waals surface area contributed by atoms with E-state index in [1.54, 1.807) is 11.8 Å². The van der Waals surface area contributed by atoms with Crippen molar-refractivity contribution in [1.29, 1.82) is 0 Å². The lowest BCUT2D eigenvalue weighted by atomic mass is 10.0. The highest BCUT2D eigenvalue weighted by Gasteiger charge is 2.29. The molecule has 1 aliphatic rings. The molecule has 1 saturated heterocycles. The number of amides is 1. The summed E-state index contributed by atoms with van der Waals surface area (Å²) in [5, 5.41) is 8.87. The smallest absolute Gasteiger partial charge is 0.232 e. The van der Waals surface area contributed by atoms with E-state index in [1.807, 2.05) is 23.1 Å². The lowest BCUT2D eigenvalue weighted by molar-refractivity contribution is -0.135. The Morgan fingerprint density at radius 1 is 1.35 bits per heavy atom. The molecule has 1 amide bonds. The van der Waals surface area contributed by atoms with Crippen molar-refractivity contribution >= 4 is 17.7 Å². The molecule has 0 unspecified atom stereocenters. The minimum atomic E-state index is 0.190. The molecule has 3 nitrogen and oxygen atoms in total. The number of likely N-dealkylation sites (tertiary alicyclic amines) is 1. The third-order valence-corrected chi connectivity index (χ3v) is 3.89. The third-order valence-electron chi connectivity index (χ3n) is 2.91. The van der Waals surface area contributed by atoms with Gasteiger partial charge in [0.1, 0.15) is 0 Å². The lowest BCUT2D eigenvalue weighted by Gasteiger charge is -2.38. The fourth-order valence-corrected chi connectivity index (χ4v) is 2.70. The van der Waals surface area contributed by atoms with E-state index in [1.165, 1.54) is 5.56 Å². The van der Waals surface area contributed by atoms with Crippen LogP contribution in [-0.4, -0.2) is 41.4 Å². The van der Waals surface area contributed by atoms with Gasteiger partial charge in [-0.1, -0.05) is 30.3 Å². The Bertz CT molecular complexity index is 363. The minimum absolute atomic E-state index is 0.190. The summed E-state index contributed by atoms with van der Waals surface area (Å²) >= 11 is 1.65. The summed E-state index contributed by atoms with van der Waals surface area (Å²) < 4.78 is 0. The molecule has 0 spiro atoms. The van der Waals surface area contributed by atoms with Gasteiger partial charge in [0.05, 0.1) is 5.75 Å². The standard InChI is InChI=1S/C13H17NO2S/c15-8-12-6-14(7-12)13(16)10-17-9-11-4-2-1-3-5-11/h1-5,12,15H,6-10H2. The summed E-state index contributed by atoms with van der Waals surface area (Å²) in [6.45, 7) is 1.64. The minimum Gasteiger partial charge on any atom is -0.396 e. The van der Waals surface area contributed by atoms with Crippen LogP contribution < -0.4 is 0 Å². The summed E-state index contributed by atoms with van der Waals surface area (Å²) in [7, 11) is 0. The molecule has 1 aliphatic heterocycles. The van der Waals surface area contributed by atoms with Crippen molar-refractivity contribution in [3.63, 3.8) is 0 Å². The quantitative estimate of drug-likeness (QED) is 0.859. The van der Waals surface area contributed by atoms with Gasteiger partial charge in [-0.2, -0.15) is 0 Å². The summed E-state index contributed by atoms with van der Waals surface area (Å²) in [6, 6.07) is 10.2. The summed E-state index contributed by atoms with van der Waals surface area (Å²) in [5.41, 5.74) is 1.25. The molecule has 4 heteroatoms. The van der Waals surface area contributed by atoms with Crippen LogP contribution in [0.15, 0.2) is 30.3 Å². The summed E-state index contributed by atoms with van der Waals surface area (Å²) in [5.74, 6) is 1.91. The highest BCUT2D eigenvalue weighted by atomic mass is 32.2. The second-order valence-corrected chi connectivity index (χ2v) is 5.31. The molecular weight excluding hydrogens is 234 g/mol. The molecular formula is C13H17NO2S. The number of aliphatic hydroxyl groups is 1. The fourth-order valence-electron chi connectivity index (χ4n) is 1.81. The normalized spacial score (nSPS) is 15.7. The number of rotatable bonds is 5. The maximum Gasteiger partial charge on any atom is 0.232 e. The first kappa shape index (κ1) is 12.5. The van der Waals surface area contributed by atoms with E-state index >= 15 is 0 Å². The van der Waals surface area contributed by atoms with Gasteiger partial charge in [0, 0.05) is 31.4 Å². The van der Waals surface area contributed by atoms with E-state index in [9.17, 15) is 4.79 Å².